The molecule has 0 spiro atoms. The number of nitrogens with zero attached hydrogens (tertiary/aromatic N) is 2. The minimum absolute atomic E-state index is 0.299. The van der Waals surface area contributed by atoms with Gasteiger partial charge in [0, 0.05) is 19.8 Å². The number of halogens is 1. The predicted octanol–water partition coefficient (Wildman–Crippen LogP) is 0.522. The van der Waals surface area contributed by atoms with E-state index in [0.717, 1.165) is 13.0 Å². The monoisotopic (exact) mass is 171 g/mol. The van der Waals surface area contributed by atoms with E-state index in [0.29, 0.717) is 6.54 Å². The molecule has 4 heteroatoms. The zero-order valence-corrected chi connectivity index (χ0v) is 7.26. The average Bonchev–Trinajstić information content (AvgIpc) is 2.45. The summed E-state index contributed by atoms with van der Waals surface area (Å²) in [6, 6.07) is 0. The highest BCUT2D eigenvalue weighted by molar-refractivity contribution is 5.03. The highest BCUT2D eigenvalue weighted by atomic mass is 19.1. The van der Waals surface area contributed by atoms with E-state index in [1.165, 1.54) is 5.56 Å². The summed E-state index contributed by atoms with van der Waals surface area (Å²) in [4.78, 5) is 0. The average molecular weight is 171 g/mol. The van der Waals surface area contributed by atoms with E-state index in [4.69, 9.17) is 0 Å². The number of hydrogen-bond acceptors (Lipinski definition) is 2. The summed E-state index contributed by atoms with van der Waals surface area (Å²) in [5.41, 5.74) is 1.18. The molecule has 0 amide bonds. The highest BCUT2D eigenvalue weighted by Gasteiger charge is 1.94. The Morgan fingerprint density at radius 3 is 3.00 bits per heavy atom. The zero-order valence-electron chi connectivity index (χ0n) is 7.26. The van der Waals surface area contributed by atoms with Gasteiger partial charge in [-0.25, -0.2) is 4.39 Å². The largest absolute Gasteiger partial charge is 0.314 e. The van der Waals surface area contributed by atoms with Crippen LogP contribution in [0.4, 0.5) is 4.39 Å². The van der Waals surface area contributed by atoms with Gasteiger partial charge in [-0.05, 0) is 18.5 Å². The molecule has 0 atom stereocenters. The van der Waals surface area contributed by atoms with Crippen molar-refractivity contribution >= 4 is 0 Å². The highest BCUT2D eigenvalue weighted by Crippen LogP contribution is 1.95. The Kier molecular flexibility index (Phi) is 3.73. The molecule has 0 bridgehead atoms. The molecular formula is C8H14FN3. The second-order valence-corrected chi connectivity index (χ2v) is 2.71. The van der Waals surface area contributed by atoms with Crippen molar-refractivity contribution in [3.63, 3.8) is 0 Å². The first-order valence-corrected chi connectivity index (χ1v) is 4.07. The fourth-order valence-electron chi connectivity index (χ4n) is 1.03. The Balaban J connectivity index is 2.15. The van der Waals surface area contributed by atoms with Crippen molar-refractivity contribution in [1.29, 1.82) is 0 Å². The number of alkyl halides is 1. The molecule has 0 fully saturated rings. The third-order valence-electron chi connectivity index (χ3n) is 1.62. The molecule has 0 unspecified atom stereocenters. The molecular weight excluding hydrogens is 157 g/mol. The Labute approximate surface area is 71.6 Å². The maximum atomic E-state index is 11.6. The van der Waals surface area contributed by atoms with Crippen molar-refractivity contribution in [1.82, 2.24) is 15.1 Å². The van der Waals surface area contributed by atoms with Crippen molar-refractivity contribution in [3.05, 3.63) is 18.0 Å². The first-order valence-electron chi connectivity index (χ1n) is 4.07. The predicted molar refractivity (Wildman–Crippen MR) is 45.8 cm³/mol. The summed E-state index contributed by atoms with van der Waals surface area (Å²) in [7, 11) is 1.89. The zero-order chi connectivity index (χ0) is 8.81. The molecule has 1 rings (SSSR count). The van der Waals surface area contributed by atoms with Gasteiger partial charge < -0.3 is 5.32 Å². The van der Waals surface area contributed by atoms with Crippen LogP contribution in [0.25, 0.3) is 0 Å². The topological polar surface area (TPSA) is 29.9 Å². The van der Waals surface area contributed by atoms with Crippen molar-refractivity contribution in [3.8, 4) is 0 Å². The summed E-state index contributed by atoms with van der Waals surface area (Å²) in [5.74, 6) is 0. The standard InChI is InChI=1S/C8H14FN3/c1-12-7-8(6-11-12)2-4-10-5-3-9/h6-7,10H,2-5H2,1H3. The summed E-state index contributed by atoms with van der Waals surface area (Å²) in [6.45, 7) is 0.961. The maximum absolute atomic E-state index is 11.6. The Morgan fingerprint density at radius 2 is 2.42 bits per heavy atom. The molecule has 1 aromatic rings. The lowest BCUT2D eigenvalue weighted by Gasteiger charge is -1.98. The van der Waals surface area contributed by atoms with Gasteiger partial charge in [-0.3, -0.25) is 4.68 Å². The molecule has 0 aliphatic carbocycles. The van der Waals surface area contributed by atoms with Gasteiger partial charge in [0.15, 0.2) is 0 Å². The Bertz CT molecular complexity index is 222. The second kappa shape index (κ2) is 4.87. The molecule has 0 aromatic carbocycles. The van der Waals surface area contributed by atoms with E-state index >= 15 is 0 Å². The lowest BCUT2D eigenvalue weighted by Crippen LogP contribution is -2.19. The minimum Gasteiger partial charge on any atom is -0.314 e. The van der Waals surface area contributed by atoms with Gasteiger partial charge in [-0.2, -0.15) is 5.10 Å². The van der Waals surface area contributed by atoms with Crippen LogP contribution in [0.2, 0.25) is 0 Å². The van der Waals surface area contributed by atoms with Crippen LogP contribution >= 0.6 is 0 Å². The van der Waals surface area contributed by atoms with Crippen molar-refractivity contribution in [2.45, 2.75) is 6.42 Å². The summed E-state index contributed by atoms with van der Waals surface area (Å²) in [5, 5.41) is 7.01. The molecule has 0 aliphatic heterocycles. The van der Waals surface area contributed by atoms with E-state index in [2.05, 4.69) is 10.4 Å². The molecule has 1 heterocycles. The van der Waals surface area contributed by atoms with E-state index in [-0.39, 0.29) is 6.67 Å². The van der Waals surface area contributed by atoms with Gasteiger partial charge in [0.05, 0.1) is 6.20 Å². The van der Waals surface area contributed by atoms with Gasteiger partial charge in [-0.1, -0.05) is 0 Å². The smallest absolute Gasteiger partial charge is 0.102 e. The molecule has 3 nitrogen and oxygen atoms in total. The number of rotatable bonds is 5. The number of aryl methyl sites for hydroxylation is 1. The van der Waals surface area contributed by atoms with Crippen LogP contribution in [0.1, 0.15) is 5.56 Å². The molecule has 12 heavy (non-hydrogen) atoms. The normalized spacial score (nSPS) is 10.5. The van der Waals surface area contributed by atoms with Crippen molar-refractivity contribution < 1.29 is 4.39 Å². The molecule has 1 N–H and O–H groups in total. The van der Waals surface area contributed by atoms with Crippen molar-refractivity contribution in [2.75, 3.05) is 19.8 Å². The first-order chi connectivity index (χ1) is 5.83. The van der Waals surface area contributed by atoms with Crippen molar-refractivity contribution in [2.24, 2.45) is 7.05 Å². The molecule has 1 aromatic heterocycles. The quantitative estimate of drug-likeness (QED) is 0.655. The Morgan fingerprint density at radius 1 is 1.58 bits per heavy atom. The van der Waals surface area contributed by atoms with E-state index < -0.39 is 0 Å². The third kappa shape index (κ3) is 3.00. The molecule has 68 valence electrons. The Hall–Kier alpha value is -0.900. The maximum Gasteiger partial charge on any atom is 0.102 e. The summed E-state index contributed by atoms with van der Waals surface area (Å²) >= 11 is 0. The van der Waals surface area contributed by atoms with E-state index in [9.17, 15) is 4.39 Å². The van der Waals surface area contributed by atoms with Crippen LogP contribution in [0.3, 0.4) is 0 Å². The van der Waals surface area contributed by atoms with Crippen LogP contribution in [-0.4, -0.2) is 29.5 Å². The van der Waals surface area contributed by atoms with Gasteiger partial charge in [0.25, 0.3) is 0 Å². The van der Waals surface area contributed by atoms with Gasteiger partial charge in [0.1, 0.15) is 6.67 Å². The van der Waals surface area contributed by atoms with Crippen LogP contribution in [0.15, 0.2) is 12.4 Å². The minimum atomic E-state index is -0.299. The van der Waals surface area contributed by atoms with Gasteiger partial charge in [-0.15, -0.1) is 0 Å². The molecule has 0 aliphatic rings. The number of hydrogen-bond donors (Lipinski definition) is 1. The van der Waals surface area contributed by atoms with Crippen LogP contribution in [0, 0.1) is 0 Å². The van der Waals surface area contributed by atoms with E-state index in [1.54, 1.807) is 4.68 Å². The lowest BCUT2D eigenvalue weighted by atomic mass is 10.2. The second-order valence-electron chi connectivity index (χ2n) is 2.71. The molecule has 0 saturated heterocycles. The van der Waals surface area contributed by atoms with Gasteiger partial charge >= 0.3 is 0 Å². The molecule has 0 saturated carbocycles. The summed E-state index contributed by atoms with van der Waals surface area (Å²) in [6.07, 6.45) is 4.71. The lowest BCUT2D eigenvalue weighted by molar-refractivity contribution is 0.468. The van der Waals surface area contributed by atoms with Crippen LogP contribution in [0.5, 0.6) is 0 Å². The third-order valence-corrected chi connectivity index (χ3v) is 1.62. The van der Waals surface area contributed by atoms with E-state index in [1.807, 2.05) is 19.4 Å². The fraction of sp³-hybridized carbons (Fsp3) is 0.625. The number of aromatic nitrogens is 2. The van der Waals surface area contributed by atoms with Crippen LogP contribution < -0.4 is 5.32 Å². The fourth-order valence-corrected chi connectivity index (χ4v) is 1.03. The summed E-state index contributed by atoms with van der Waals surface area (Å²) < 4.78 is 13.4. The number of nitrogens with one attached hydrogen (secondary N) is 1. The van der Waals surface area contributed by atoms with Crippen LogP contribution in [-0.2, 0) is 13.5 Å². The molecule has 0 radical (unpaired) electrons. The SMILES string of the molecule is Cn1cc(CCNCCF)cn1. The first kappa shape index (κ1) is 9.19. The van der Waals surface area contributed by atoms with Gasteiger partial charge in [0.2, 0.25) is 0 Å².